The summed E-state index contributed by atoms with van der Waals surface area (Å²) in [6.45, 7) is 0. The van der Waals surface area contributed by atoms with E-state index in [0.29, 0.717) is 11.1 Å². The molecule has 0 bridgehead atoms. The van der Waals surface area contributed by atoms with Crippen molar-refractivity contribution in [3.63, 3.8) is 0 Å². The molecule has 0 fully saturated rings. The largest absolute Gasteiger partial charge is 0.505 e. The van der Waals surface area contributed by atoms with Gasteiger partial charge < -0.3 is 31.1 Å². The van der Waals surface area contributed by atoms with Gasteiger partial charge >= 0.3 is 18.0 Å². The number of benzene rings is 6. The summed E-state index contributed by atoms with van der Waals surface area (Å²) < 4.78 is 69.0. The Bertz CT molecular complexity index is 2870. The number of nitrogens with one attached hydrogen (secondary N) is 2. The second kappa shape index (κ2) is 16.9. The van der Waals surface area contributed by atoms with Crippen LogP contribution in [0.2, 0.25) is 0 Å². The van der Waals surface area contributed by atoms with Crippen molar-refractivity contribution in [1.82, 2.24) is 0 Å². The molecule has 6 aromatic carbocycles. The predicted octanol–water partition coefficient (Wildman–Crippen LogP) is 8.57. The minimum Gasteiger partial charge on any atom is -0.505 e. The minimum atomic E-state index is -4.94. The fraction of sp³-hybridized carbons (Fsp3) is 0. The van der Waals surface area contributed by atoms with Gasteiger partial charge in [-0.05, 0) is 94.7 Å². The topological polar surface area (TPSA) is 314 Å². The highest BCUT2D eigenvalue weighted by atomic mass is 32.2. The van der Waals surface area contributed by atoms with Gasteiger partial charge in [0, 0.05) is 34.3 Å². The van der Waals surface area contributed by atoms with Crippen molar-refractivity contribution in [1.29, 1.82) is 0 Å². The first kappa shape index (κ1) is 41.8. The Balaban J connectivity index is 1.26. The van der Waals surface area contributed by atoms with Crippen LogP contribution in [0.25, 0.3) is 33.7 Å². The van der Waals surface area contributed by atoms with Crippen LogP contribution >= 0.6 is 0 Å². The van der Waals surface area contributed by atoms with E-state index in [1.165, 1.54) is 97.1 Å². The number of carbonyl (C=O) groups excluding carboxylic acids is 1. The number of aromatic hydroxyl groups is 2. The number of carboxylic acids is 2. The van der Waals surface area contributed by atoms with Gasteiger partial charge in [-0.1, -0.05) is 36.4 Å². The number of hydrogen-bond donors (Lipinski definition) is 8. The molecule has 60 heavy (non-hydrogen) atoms. The molecule has 0 unspecified atom stereocenters. The second-order valence-corrected chi connectivity index (χ2v) is 15.3. The van der Waals surface area contributed by atoms with E-state index in [1.807, 2.05) is 0 Å². The van der Waals surface area contributed by atoms with E-state index in [4.69, 9.17) is 10.2 Å². The highest BCUT2D eigenvalue weighted by Crippen LogP contribution is 2.44. The predicted molar refractivity (Wildman–Crippen MR) is 218 cm³/mol. The van der Waals surface area contributed by atoms with Gasteiger partial charge in [-0.3, -0.25) is 9.11 Å². The third-order valence-electron chi connectivity index (χ3n) is 8.33. The van der Waals surface area contributed by atoms with Crippen molar-refractivity contribution in [2.24, 2.45) is 20.5 Å². The summed E-state index contributed by atoms with van der Waals surface area (Å²) in [5.74, 6) is -3.72. The Kier molecular flexibility index (Phi) is 11.8. The Hall–Kier alpha value is -7.85. The molecular weight excluding hydrogens is 825 g/mol. The number of hydrogen-bond acceptors (Lipinski definition) is 13. The van der Waals surface area contributed by atoms with Crippen LogP contribution in [-0.4, -0.2) is 64.3 Å². The van der Waals surface area contributed by atoms with Crippen molar-refractivity contribution in [2.75, 3.05) is 10.6 Å². The number of azo groups is 2. The Morgan fingerprint density at radius 3 is 1.22 bits per heavy atom. The van der Waals surface area contributed by atoms with Gasteiger partial charge in [-0.25, -0.2) is 14.4 Å². The fourth-order valence-corrected chi connectivity index (χ4v) is 6.89. The molecule has 0 atom stereocenters. The third-order valence-corrected chi connectivity index (χ3v) is 10.1. The molecule has 19 nitrogen and oxygen atoms in total. The van der Waals surface area contributed by atoms with Gasteiger partial charge in [-0.15, -0.1) is 10.2 Å². The number of amides is 2. The quantitative estimate of drug-likeness (QED) is 0.0325. The van der Waals surface area contributed by atoms with Crippen molar-refractivity contribution in [3.05, 3.63) is 120 Å². The van der Waals surface area contributed by atoms with Crippen LogP contribution in [0.1, 0.15) is 11.1 Å². The maximum Gasteiger partial charge on any atom is 0.328 e. The number of fused-ring (bicyclic) bond motifs is 2. The number of urea groups is 1. The lowest BCUT2D eigenvalue weighted by Crippen LogP contribution is -2.19. The molecule has 0 saturated heterocycles. The smallest absolute Gasteiger partial charge is 0.328 e. The molecule has 0 radical (unpaired) electrons. The van der Waals surface area contributed by atoms with Gasteiger partial charge in [0.2, 0.25) is 0 Å². The first-order valence-electron chi connectivity index (χ1n) is 16.8. The summed E-state index contributed by atoms with van der Waals surface area (Å²) >= 11 is 0. The number of phenolic OH excluding ortho intramolecular Hbond substituents is 2. The van der Waals surface area contributed by atoms with E-state index in [1.54, 1.807) is 0 Å². The second-order valence-electron chi connectivity index (χ2n) is 12.5. The highest BCUT2D eigenvalue weighted by Gasteiger charge is 2.24. The molecule has 6 aromatic rings. The fourth-order valence-electron chi connectivity index (χ4n) is 5.57. The monoisotopic (exact) mass is 852 g/mol. The summed E-state index contributed by atoms with van der Waals surface area (Å²) in [5.41, 5.74) is 0.373. The van der Waals surface area contributed by atoms with Gasteiger partial charge in [0.15, 0.2) is 11.5 Å². The molecule has 8 N–H and O–H groups in total. The van der Waals surface area contributed by atoms with E-state index in [9.17, 15) is 50.5 Å². The third kappa shape index (κ3) is 9.99. The first-order valence-corrected chi connectivity index (χ1v) is 19.7. The van der Waals surface area contributed by atoms with Crippen LogP contribution in [0.5, 0.6) is 11.5 Å². The number of rotatable bonds is 12. The van der Waals surface area contributed by atoms with Crippen LogP contribution < -0.4 is 10.6 Å². The number of carboxylic acid groups (broad SMARTS) is 2. The zero-order chi connectivity index (χ0) is 43.4. The van der Waals surface area contributed by atoms with Gasteiger partial charge in [0.25, 0.3) is 20.2 Å². The van der Waals surface area contributed by atoms with Crippen LogP contribution in [0.4, 0.5) is 38.9 Å². The first-order chi connectivity index (χ1) is 28.3. The summed E-state index contributed by atoms with van der Waals surface area (Å²) in [5, 5.41) is 60.9. The van der Waals surface area contributed by atoms with Crippen LogP contribution in [0, 0.1) is 0 Å². The molecular formula is C39H28N6O13S2. The molecule has 2 amide bonds. The Morgan fingerprint density at radius 2 is 0.883 bits per heavy atom. The zero-order valence-corrected chi connectivity index (χ0v) is 31.8. The van der Waals surface area contributed by atoms with Crippen molar-refractivity contribution >= 4 is 106 Å². The summed E-state index contributed by atoms with van der Waals surface area (Å²) in [6.07, 6.45) is 4.52. The maximum absolute atomic E-state index is 13.1. The number of aliphatic carboxylic acids is 2. The minimum absolute atomic E-state index is 0.00114. The lowest BCUT2D eigenvalue weighted by Gasteiger charge is -2.13. The molecule has 0 aliphatic heterocycles. The molecule has 6 rings (SSSR count). The average molecular weight is 853 g/mol. The number of carbonyl (C=O) groups is 3. The van der Waals surface area contributed by atoms with Crippen molar-refractivity contribution < 1.29 is 60.8 Å². The molecule has 0 aliphatic rings. The number of phenols is 2. The molecule has 0 heterocycles. The average Bonchev–Trinajstić information content (AvgIpc) is 3.18. The summed E-state index contributed by atoms with van der Waals surface area (Å²) in [7, 11) is -9.87. The molecule has 0 aliphatic carbocycles. The lowest BCUT2D eigenvalue weighted by atomic mass is 10.1. The molecule has 0 saturated carbocycles. The van der Waals surface area contributed by atoms with E-state index in [0.717, 1.165) is 24.3 Å². The van der Waals surface area contributed by atoms with Gasteiger partial charge in [-0.2, -0.15) is 27.1 Å². The molecule has 0 aromatic heterocycles. The maximum atomic E-state index is 13.1. The van der Waals surface area contributed by atoms with E-state index >= 15 is 0 Å². The van der Waals surface area contributed by atoms with Gasteiger partial charge in [0.1, 0.15) is 21.2 Å². The van der Waals surface area contributed by atoms with Crippen molar-refractivity contribution in [2.45, 2.75) is 9.79 Å². The lowest BCUT2D eigenvalue weighted by molar-refractivity contribution is -0.132. The SMILES string of the molecule is O=C(O)C=Cc1ccc(N=Nc2c(S(=O)(=O)O)cc3ccc(NC(=O)Nc4ccc5cc(S(=O)(=O)O)c(N=Nc6ccc(C=CC(=O)O)cc6)c(O)c5c4)cc3c2O)cc1. The Morgan fingerprint density at radius 1 is 0.517 bits per heavy atom. The zero-order valence-electron chi connectivity index (χ0n) is 30.2. The molecule has 304 valence electrons. The summed E-state index contributed by atoms with van der Waals surface area (Å²) in [6, 6.07) is 21.1. The van der Waals surface area contributed by atoms with Crippen LogP contribution in [0.15, 0.2) is 139 Å². The molecule has 0 spiro atoms. The summed E-state index contributed by atoms with van der Waals surface area (Å²) in [4.78, 5) is 33.2. The van der Waals surface area contributed by atoms with E-state index in [-0.39, 0.29) is 44.3 Å². The van der Waals surface area contributed by atoms with E-state index < -0.39 is 70.9 Å². The Labute approximate surface area is 338 Å². The highest BCUT2D eigenvalue weighted by molar-refractivity contribution is 7.86. The number of anilines is 2. The van der Waals surface area contributed by atoms with Crippen LogP contribution in [0.3, 0.4) is 0 Å². The normalized spacial score (nSPS) is 12.3. The standard InChI is InChI=1S/C39H28N6O13S2/c46-33(47)15-5-21-1-9-25(10-2-21)42-44-35-31(59(53,54)55)17-23-7-13-27(19-29(23)37(35)50)40-39(52)41-28-14-8-24-18-32(60(56,57)58)36(38(51)30(24)20-28)45-43-26-11-3-22(4-12-26)6-16-34(48)49/h1-20,50-51H,(H,46,47)(H,48,49)(H2,40,41,52)(H,53,54,55)(H,56,57,58). The molecule has 21 heteroatoms. The van der Waals surface area contributed by atoms with E-state index in [2.05, 4.69) is 31.1 Å². The number of nitrogens with zero attached hydrogens (tertiary/aromatic N) is 4. The van der Waals surface area contributed by atoms with Crippen LogP contribution in [-0.2, 0) is 29.8 Å². The van der Waals surface area contributed by atoms with Crippen molar-refractivity contribution in [3.8, 4) is 11.5 Å². The van der Waals surface area contributed by atoms with Gasteiger partial charge in [0.05, 0.1) is 11.4 Å².